The summed E-state index contributed by atoms with van der Waals surface area (Å²) >= 11 is 0. The third-order valence-corrected chi connectivity index (χ3v) is 4.50. The van der Waals surface area contributed by atoms with Gasteiger partial charge >= 0.3 is 0 Å². The van der Waals surface area contributed by atoms with Crippen molar-refractivity contribution in [3.63, 3.8) is 0 Å². The predicted molar refractivity (Wildman–Crippen MR) is 103 cm³/mol. The van der Waals surface area contributed by atoms with Gasteiger partial charge in [-0.05, 0) is 46.9 Å². The normalized spacial score (nSPS) is 13.6. The maximum Gasteiger partial charge on any atom is 0.236 e. The van der Waals surface area contributed by atoms with Gasteiger partial charge in [0.1, 0.15) is 0 Å². The molecule has 0 heterocycles. The van der Waals surface area contributed by atoms with E-state index in [0.717, 1.165) is 33.5 Å². The lowest BCUT2D eigenvalue weighted by molar-refractivity contribution is -0.116. The van der Waals surface area contributed by atoms with Crippen LogP contribution in [0.15, 0.2) is 84.9 Å². The number of hydrogen-bond donors (Lipinski definition) is 1. The first kappa shape index (κ1) is 15.4. The molecule has 1 amide bonds. The van der Waals surface area contributed by atoms with Gasteiger partial charge in [0, 0.05) is 5.69 Å². The molecule has 25 heavy (non-hydrogen) atoms. The summed E-state index contributed by atoms with van der Waals surface area (Å²) in [6, 6.07) is 28.2. The lowest BCUT2D eigenvalue weighted by Crippen LogP contribution is -2.16. The fourth-order valence-electron chi connectivity index (χ4n) is 3.30. The lowest BCUT2D eigenvalue weighted by Gasteiger charge is -2.07. The molecule has 3 aromatic carbocycles. The molecular weight excluding hydrogens is 306 g/mol. The van der Waals surface area contributed by atoms with E-state index in [9.17, 15) is 4.79 Å². The maximum absolute atomic E-state index is 12.9. The lowest BCUT2D eigenvalue weighted by atomic mass is 10.1. The fourth-order valence-corrected chi connectivity index (χ4v) is 3.30. The molecule has 0 aromatic heterocycles. The minimum absolute atomic E-state index is 0.0308. The molecule has 0 unspecified atom stereocenters. The Morgan fingerprint density at radius 2 is 1.32 bits per heavy atom. The van der Waals surface area contributed by atoms with Crippen molar-refractivity contribution < 1.29 is 4.79 Å². The minimum atomic E-state index is -0.190. The molecule has 3 aromatic rings. The predicted octanol–water partition coefficient (Wildman–Crippen LogP) is 5.17. The van der Waals surface area contributed by atoms with Crippen molar-refractivity contribution in [2.45, 2.75) is 6.92 Å². The second-order valence-corrected chi connectivity index (χ2v) is 6.35. The molecule has 1 aliphatic rings. The summed E-state index contributed by atoms with van der Waals surface area (Å²) in [6.07, 6.45) is 0. The molecule has 122 valence electrons. The molecule has 0 spiro atoms. The largest absolute Gasteiger partial charge is 0.325 e. The number of nitrogens with one attached hydrogen (secondary N) is 1. The Kier molecular flexibility index (Phi) is 3.95. The Morgan fingerprint density at radius 1 is 0.760 bits per heavy atom. The fraction of sp³-hybridized carbons (Fsp3) is 0.0870. The highest BCUT2D eigenvalue weighted by Crippen LogP contribution is 2.53. The smallest absolute Gasteiger partial charge is 0.236 e. The number of aryl methyl sites for hydroxylation is 1. The van der Waals surface area contributed by atoms with Crippen LogP contribution in [-0.2, 0) is 4.79 Å². The average molecular weight is 325 g/mol. The Balaban J connectivity index is 1.64. The van der Waals surface area contributed by atoms with Gasteiger partial charge in [-0.1, -0.05) is 72.8 Å². The van der Waals surface area contributed by atoms with E-state index >= 15 is 0 Å². The van der Waals surface area contributed by atoms with Crippen LogP contribution >= 0.6 is 0 Å². The van der Waals surface area contributed by atoms with Crippen LogP contribution in [0.4, 0.5) is 5.69 Å². The first-order valence-corrected chi connectivity index (χ1v) is 8.46. The van der Waals surface area contributed by atoms with E-state index in [1.807, 2.05) is 67.6 Å². The van der Waals surface area contributed by atoms with Crippen LogP contribution in [0.25, 0.3) is 11.1 Å². The second-order valence-electron chi connectivity index (χ2n) is 6.35. The van der Waals surface area contributed by atoms with Gasteiger partial charge in [-0.25, -0.2) is 0 Å². The van der Waals surface area contributed by atoms with Gasteiger partial charge in [-0.3, -0.25) is 4.79 Å². The molecular formula is C23H19NO. The number of anilines is 1. The minimum Gasteiger partial charge on any atom is -0.325 e. The van der Waals surface area contributed by atoms with Gasteiger partial charge in [0.15, 0.2) is 0 Å². The third kappa shape index (κ3) is 3.11. The van der Waals surface area contributed by atoms with Crippen LogP contribution in [0, 0.1) is 12.8 Å². The molecule has 0 fully saturated rings. The van der Waals surface area contributed by atoms with E-state index in [-0.39, 0.29) is 11.8 Å². The number of hydrogen-bond acceptors (Lipinski definition) is 1. The zero-order chi connectivity index (χ0) is 17.2. The van der Waals surface area contributed by atoms with Crippen LogP contribution in [0.5, 0.6) is 0 Å². The van der Waals surface area contributed by atoms with Crippen molar-refractivity contribution in [3.8, 4) is 0 Å². The number of amides is 1. The molecule has 0 aliphatic heterocycles. The molecule has 0 radical (unpaired) electrons. The number of carbonyl (C=O) groups excluding carboxylic acids is 1. The molecule has 2 nitrogen and oxygen atoms in total. The summed E-state index contributed by atoms with van der Waals surface area (Å²) in [5, 5.41) is 3.06. The van der Waals surface area contributed by atoms with E-state index in [4.69, 9.17) is 0 Å². The highest BCUT2D eigenvalue weighted by Gasteiger charge is 2.43. The monoisotopic (exact) mass is 325 g/mol. The van der Waals surface area contributed by atoms with Gasteiger partial charge in [0.25, 0.3) is 0 Å². The summed E-state index contributed by atoms with van der Waals surface area (Å²) in [4.78, 5) is 12.9. The highest BCUT2D eigenvalue weighted by atomic mass is 16.2. The molecule has 0 saturated heterocycles. The van der Waals surface area contributed by atoms with Crippen LogP contribution in [-0.4, -0.2) is 5.91 Å². The SMILES string of the molecule is Cc1cccc(NC(=O)C2C(c3ccccc3)=C2c2ccccc2)c1. The van der Waals surface area contributed by atoms with Crippen LogP contribution in [0.3, 0.4) is 0 Å². The average Bonchev–Trinajstić information content (AvgIpc) is 3.39. The Labute approximate surface area is 147 Å². The third-order valence-electron chi connectivity index (χ3n) is 4.50. The van der Waals surface area contributed by atoms with E-state index in [1.54, 1.807) is 0 Å². The molecule has 1 aliphatic carbocycles. The van der Waals surface area contributed by atoms with Gasteiger partial charge in [-0.15, -0.1) is 0 Å². The van der Waals surface area contributed by atoms with E-state index in [2.05, 4.69) is 29.6 Å². The van der Waals surface area contributed by atoms with Gasteiger partial charge < -0.3 is 5.32 Å². The topological polar surface area (TPSA) is 29.1 Å². The summed E-state index contributed by atoms with van der Waals surface area (Å²) in [5.74, 6) is -0.159. The number of carbonyl (C=O) groups is 1. The zero-order valence-corrected chi connectivity index (χ0v) is 14.1. The van der Waals surface area contributed by atoms with Gasteiger partial charge in [0.2, 0.25) is 5.91 Å². The van der Waals surface area contributed by atoms with Crippen molar-refractivity contribution in [2.24, 2.45) is 5.92 Å². The van der Waals surface area contributed by atoms with Crippen LogP contribution in [0.2, 0.25) is 0 Å². The maximum atomic E-state index is 12.9. The molecule has 4 rings (SSSR count). The molecule has 0 atom stereocenters. The van der Waals surface area contributed by atoms with Crippen molar-refractivity contribution in [1.82, 2.24) is 0 Å². The van der Waals surface area contributed by atoms with Crippen molar-refractivity contribution in [3.05, 3.63) is 102 Å². The van der Waals surface area contributed by atoms with Crippen LogP contribution < -0.4 is 5.32 Å². The van der Waals surface area contributed by atoms with Crippen molar-refractivity contribution in [1.29, 1.82) is 0 Å². The molecule has 0 saturated carbocycles. The zero-order valence-electron chi connectivity index (χ0n) is 14.1. The Morgan fingerprint density at radius 3 is 1.84 bits per heavy atom. The summed E-state index contributed by atoms with van der Waals surface area (Å²) in [7, 11) is 0. The summed E-state index contributed by atoms with van der Waals surface area (Å²) < 4.78 is 0. The highest BCUT2D eigenvalue weighted by molar-refractivity contribution is 6.25. The van der Waals surface area contributed by atoms with E-state index < -0.39 is 0 Å². The van der Waals surface area contributed by atoms with Crippen molar-refractivity contribution >= 4 is 22.7 Å². The second kappa shape index (κ2) is 6.40. The van der Waals surface area contributed by atoms with E-state index in [1.165, 1.54) is 0 Å². The number of rotatable bonds is 4. The number of benzene rings is 3. The summed E-state index contributed by atoms with van der Waals surface area (Å²) in [6.45, 7) is 2.02. The molecule has 1 N–H and O–H groups in total. The Bertz CT molecular complexity index is 893. The van der Waals surface area contributed by atoms with Crippen LogP contribution in [0.1, 0.15) is 16.7 Å². The first-order valence-electron chi connectivity index (χ1n) is 8.46. The van der Waals surface area contributed by atoms with E-state index in [0.29, 0.717) is 0 Å². The standard InChI is InChI=1S/C23H19NO/c1-16-9-8-14-19(15-16)24-23(25)22-20(17-10-4-2-5-11-17)21(22)18-12-6-3-7-13-18/h2-15,22H,1H3,(H,24,25). The molecule has 2 heteroatoms. The van der Waals surface area contributed by atoms with Gasteiger partial charge in [-0.2, -0.15) is 0 Å². The first-order chi connectivity index (χ1) is 12.2. The Hall–Kier alpha value is -3.13. The van der Waals surface area contributed by atoms with Gasteiger partial charge in [0.05, 0.1) is 5.92 Å². The quantitative estimate of drug-likeness (QED) is 0.704. The molecule has 0 bridgehead atoms. The van der Waals surface area contributed by atoms with Crippen molar-refractivity contribution in [2.75, 3.05) is 5.32 Å². The summed E-state index contributed by atoms with van der Waals surface area (Å²) in [5.41, 5.74) is 6.45.